The highest BCUT2D eigenvalue weighted by molar-refractivity contribution is 7.15. The lowest BCUT2D eigenvalue weighted by atomic mass is 10.2. The van der Waals surface area contributed by atoms with E-state index in [9.17, 15) is 0 Å². The highest BCUT2D eigenvalue weighted by Crippen LogP contribution is 2.32. The Morgan fingerprint density at radius 2 is 2.11 bits per heavy atom. The molecule has 2 nitrogen and oxygen atoms in total. The summed E-state index contributed by atoms with van der Waals surface area (Å²) in [5.41, 5.74) is 0.932. The van der Waals surface area contributed by atoms with E-state index in [1.807, 2.05) is 18.3 Å². The first-order chi connectivity index (χ1) is 8.56. The molecule has 0 amide bonds. The summed E-state index contributed by atoms with van der Waals surface area (Å²) in [6, 6.07) is 5.94. The Bertz CT molecular complexity index is 538. The lowest BCUT2D eigenvalue weighted by Gasteiger charge is -2.04. The van der Waals surface area contributed by atoms with Crippen LogP contribution >= 0.6 is 34.5 Å². The molecule has 0 radical (unpaired) electrons. The van der Waals surface area contributed by atoms with Gasteiger partial charge in [-0.15, -0.1) is 11.3 Å². The Morgan fingerprint density at radius 3 is 2.78 bits per heavy atom. The second-order valence-electron chi connectivity index (χ2n) is 4.29. The van der Waals surface area contributed by atoms with Crippen LogP contribution in [-0.4, -0.2) is 11.0 Å². The number of thiazole rings is 1. The molecule has 96 valence electrons. The minimum absolute atomic E-state index is 0.467. The van der Waals surface area contributed by atoms with Gasteiger partial charge in [0.25, 0.3) is 0 Å². The molecule has 1 aromatic heterocycles. The monoisotopic (exact) mass is 300 g/mol. The third-order valence-corrected chi connectivity index (χ3v) is 3.98. The van der Waals surface area contributed by atoms with Gasteiger partial charge in [0.1, 0.15) is 5.01 Å². The van der Waals surface area contributed by atoms with Crippen LogP contribution in [0.2, 0.25) is 10.0 Å². The number of benzene rings is 1. The van der Waals surface area contributed by atoms with E-state index >= 15 is 0 Å². The van der Waals surface area contributed by atoms with Crippen LogP contribution in [0.25, 0.3) is 10.6 Å². The first-order valence-electron chi connectivity index (χ1n) is 5.70. The Balaban J connectivity index is 2.18. The molecule has 2 aromatic rings. The molecule has 2 rings (SSSR count). The molecule has 0 saturated carbocycles. The Morgan fingerprint density at radius 1 is 1.33 bits per heavy atom. The maximum atomic E-state index is 6.17. The predicted octanol–water partition coefficient (Wildman–Crippen LogP) is 4.61. The van der Waals surface area contributed by atoms with Crippen LogP contribution < -0.4 is 5.32 Å². The van der Waals surface area contributed by atoms with E-state index in [2.05, 4.69) is 24.1 Å². The van der Waals surface area contributed by atoms with Crippen LogP contribution in [0.4, 0.5) is 0 Å². The van der Waals surface area contributed by atoms with Crippen molar-refractivity contribution in [3.05, 3.63) is 39.3 Å². The van der Waals surface area contributed by atoms with E-state index in [1.165, 1.54) is 4.88 Å². The molecule has 1 heterocycles. The lowest BCUT2D eigenvalue weighted by molar-refractivity contribution is 0.593. The third kappa shape index (κ3) is 3.45. The van der Waals surface area contributed by atoms with Gasteiger partial charge in [-0.2, -0.15) is 0 Å². The number of halogens is 2. The second kappa shape index (κ2) is 6.02. The predicted molar refractivity (Wildman–Crippen MR) is 79.5 cm³/mol. The van der Waals surface area contributed by atoms with Crippen molar-refractivity contribution >= 4 is 34.5 Å². The Kier molecular flexibility index (Phi) is 4.62. The molecule has 5 heteroatoms. The minimum Gasteiger partial charge on any atom is -0.310 e. The highest BCUT2D eigenvalue weighted by atomic mass is 35.5. The standard InChI is InChI=1S/C13H14Cl2N2S/c1-8(2)16-6-10-7-17-13(18-10)11-4-3-9(14)5-12(11)15/h3-5,7-8,16H,6H2,1-2H3. The van der Waals surface area contributed by atoms with Crippen molar-refractivity contribution in [3.63, 3.8) is 0 Å². The molecule has 0 aliphatic carbocycles. The summed E-state index contributed by atoms with van der Waals surface area (Å²) in [5, 5.41) is 5.57. The number of hydrogen-bond donors (Lipinski definition) is 1. The summed E-state index contributed by atoms with van der Waals surface area (Å²) in [6.45, 7) is 5.08. The number of aromatic nitrogens is 1. The van der Waals surface area contributed by atoms with Crippen LogP contribution in [0.5, 0.6) is 0 Å². The van der Waals surface area contributed by atoms with Gasteiger partial charge in [-0.3, -0.25) is 0 Å². The van der Waals surface area contributed by atoms with E-state index in [0.29, 0.717) is 16.1 Å². The normalized spacial score (nSPS) is 11.2. The lowest BCUT2D eigenvalue weighted by Crippen LogP contribution is -2.21. The van der Waals surface area contributed by atoms with Gasteiger partial charge in [0, 0.05) is 34.2 Å². The van der Waals surface area contributed by atoms with Crippen molar-refractivity contribution in [2.45, 2.75) is 26.4 Å². The first-order valence-corrected chi connectivity index (χ1v) is 7.27. The van der Waals surface area contributed by atoms with Crippen molar-refractivity contribution < 1.29 is 0 Å². The fourth-order valence-corrected chi connectivity index (χ4v) is 2.94. The van der Waals surface area contributed by atoms with Crippen molar-refractivity contribution in [3.8, 4) is 10.6 Å². The van der Waals surface area contributed by atoms with E-state index < -0.39 is 0 Å². The average molecular weight is 301 g/mol. The summed E-state index contributed by atoms with van der Waals surface area (Å²) in [5.74, 6) is 0. The van der Waals surface area contributed by atoms with E-state index in [4.69, 9.17) is 23.2 Å². The molecule has 0 aliphatic rings. The maximum absolute atomic E-state index is 6.17. The average Bonchev–Trinajstić information content (AvgIpc) is 2.75. The van der Waals surface area contributed by atoms with Gasteiger partial charge in [0.05, 0.1) is 5.02 Å². The van der Waals surface area contributed by atoms with Gasteiger partial charge in [-0.25, -0.2) is 4.98 Å². The SMILES string of the molecule is CC(C)NCc1cnc(-c2ccc(Cl)cc2Cl)s1. The van der Waals surface area contributed by atoms with Gasteiger partial charge in [-0.05, 0) is 18.2 Å². The molecular formula is C13H14Cl2N2S. The fourth-order valence-electron chi connectivity index (χ4n) is 1.48. The van der Waals surface area contributed by atoms with Crippen molar-refractivity contribution in [1.82, 2.24) is 10.3 Å². The smallest absolute Gasteiger partial charge is 0.125 e. The number of nitrogens with zero attached hydrogens (tertiary/aromatic N) is 1. The molecule has 0 saturated heterocycles. The zero-order valence-corrected chi connectivity index (χ0v) is 12.5. The number of hydrogen-bond acceptors (Lipinski definition) is 3. The zero-order chi connectivity index (χ0) is 13.1. The largest absolute Gasteiger partial charge is 0.310 e. The molecule has 0 atom stereocenters. The molecule has 1 N–H and O–H groups in total. The van der Waals surface area contributed by atoms with E-state index in [-0.39, 0.29) is 0 Å². The van der Waals surface area contributed by atoms with E-state index in [0.717, 1.165) is 17.1 Å². The summed E-state index contributed by atoms with van der Waals surface area (Å²) < 4.78 is 0. The third-order valence-electron chi connectivity index (χ3n) is 2.40. The summed E-state index contributed by atoms with van der Waals surface area (Å²) in [7, 11) is 0. The van der Waals surface area contributed by atoms with Crippen molar-refractivity contribution in [1.29, 1.82) is 0 Å². The molecule has 0 aliphatic heterocycles. The first kappa shape index (κ1) is 13.8. The van der Waals surface area contributed by atoms with Crippen LogP contribution in [0, 0.1) is 0 Å². The minimum atomic E-state index is 0.467. The highest BCUT2D eigenvalue weighted by Gasteiger charge is 2.09. The van der Waals surface area contributed by atoms with Gasteiger partial charge in [0.15, 0.2) is 0 Å². The Labute approximate surface area is 121 Å². The number of nitrogens with one attached hydrogen (secondary N) is 1. The molecule has 1 aromatic carbocycles. The van der Waals surface area contributed by atoms with Crippen molar-refractivity contribution in [2.24, 2.45) is 0 Å². The van der Waals surface area contributed by atoms with Crippen LogP contribution in [0.3, 0.4) is 0 Å². The topological polar surface area (TPSA) is 24.9 Å². The van der Waals surface area contributed by atoms with E-state index in [1.54, 1.807) is 17.4 Å². The molecule has 18 heavy (non-hydrogen) atoms. The molecule has 0 spiro atoms. The van der Waals surface area contributed by atoms with Crippen LogP contribution in [-0.2, 0) is 6.54 Å². The second-order valence-corrected chi connectivity index (χ2v) is 6.25. The molecule has 0 unspecified atom stereocenters. The Hall–Kier alpha value is -0.610. The van der Waals surface area contributed by atoms with Crippen LogP contribution in [0.15, 0.2) is 24.4 Å². The van der Waals surface area contributed by atoms with Gasteiger partial charge in [0.2, 0.25) is 0 Å². The summed E-state index contributed by atoms with van der Waals surface area (Å²) >= 11 is 13.7. The fraction of sp³-hybridized carbons (Fsp3) is 0.308. The zero-order valence-electron chi connectivity index (χ0n) is 10.2. The summed E-state index contributed by atoms with van der Waals surface area (Å²) in [6.07, 6.45) is 1.89. The van der Waals surface area contributed by atoms with Crippen LogP contribution in [0.1, 0.15) is 18.7 Å². The quantitative estimate of drug-likeness (QED) is 0.891. The molecule has 0 bridgehead atoms. The van der Waals surface area contributed by atoms with Gasteiger partial charge in [-0.1, -0.05) is 37.0 Å². The molecule has 0 fully saturated rings. The summed E-state index contributed by atoms with van der Waals surface area (Å²) in [4.78, 5) is 5.60. The van der Waals surface area contributed by atoms with Gasteiger partial charge < -0.3 is 5.32 Å². The molecular weight excluding hydrogens is 287 g/mol. The van der Waals surface area contributed by atoms with Crippen molar-refractivity contribution in [2.75, 3.05) is 0 Å². The van der Waals surface area contributed by atoms with Gasteiger partial charge >= 0.3 is 0 Å². The maximum Gasteiger partial charge on any atom is 0.125 e. The number of rotatable bonds is 4.